The molecule has 0 aliphatic rings. The van der Waals surface area contributed by atoms with Gasteiger partial charge in [-0.3, -0.25) is 4.79 Å². The zero-order valence-corrected chi connectivity index (χ0v) is 14.6. The minimum absolute atomic E-state index is 0.0968. The minimum Gasteiger partial charge on any atom is -0.453 e. The van der Waals surface area contributed by atoms with Crippen LogP contribution in [0.3, 0.4) is 0 Å². The van der Waals surface area contributed by atoms with Crippen LogP contribution in [-0.4, -0.2) is 31.3 Å². The van der Waals surface area contributed by atoms with Gasteiger partial charge < -0.3 is 14.0 Å². The first kappa shape index (κ1) is 15.7. The molecular weight excluding hydrogens is 336 g/mol. The SMILES string of the molecule is CC(=O)CSc1nnc(-c2ccc(-c3ccc4c(ccn4C)c3)o2)[nH]1. The van der Waals surface area contributed by atoms with Crippen LogP contribution in [0.5, 0.6) is 0 Å². The molecule has 0 aliphatic carbocycles. The second-order valence-corrected chi connectivity index (χ2v) is 6.80. The fourth-order valence-corrected chi connectivity index (χ4v) is 3.26. The molecule has 1 N–H and O–H groups in total. The first-order valence-corrected chi connectivity index (χ1v) is 8.79. The maximum absolute atomic E-state index is 11.0. The second-order valence-electron chi connectivity index (χ2n) is 5.83. The molecule has 0 saturated carbocycles. The van der Waals surface area contributed by atoms with Gasteiger partial charge in [0.05, 0.1) is 5.75 Å². The smallest absolute Gasteiger partial charge is 0.197 e. The normalized spacial score (nSPS) is 11.3. The summed E-state index contributed by atoms with van der Waals surface area (Å²) in [6.45, 7) is 1.55. The maximum atomic E-state index is 11.0. The van der Waals surface area contributed by atoms with Crippen LogP contribution < -0.4 is 0 Å². The molecule has 0 unspecified atom stereocenters. The first-order valence-electron chi connectivity index (χ1n) is 7.81. The molecular formula is C18H16N4O2S. The molecule has 3 heterocycles. The number of H-pyrrole nitrogens is 1. The molecule has 3 aromatic heterocycles. The lowest BCUT2D eigenvalue weighted by Crippen LogP contribution is -1.93. The van der Waals surface area contributed by atoms with Crippen LogP contribution >= 0.6 is 11.8 Å². The van der Waals surface area contributed by atoms with Crippen LogP contribution in [0.4, 0.5) is 0 Å². The third kappa shape index (κ3) is 3.10. The highest BCUT2D eigenvalue weighted by molar-refractivity contribution is 7.99. The number of nitrogens with zero attached hydrogens (tertiary/aromatic N) is 3. The number of hydrogen-bond acceptors (Lipinski definition) is 5. The van der Waals surface area contributed by atoms with E-state index in [2.05, 4.69) is 37.9 Å². The molecule has 0 saturated heterocycles. The molecule has 0 spiro atoms. The zero-order valence-electron chi connectivity index (χ0n) is 13.8. The number of aromatic nitrogens is 4. The summed E-state index contributed by atoms with van der Waals surface area (Å²) in [6, 6.07) is 12.1. The van der Waals surface area contributed by atoms with E-state index in [9.17, 15) is 4.79 Å². The van der Waals surface area contributed by atoms with E-state index in [1.165, 1.54) is 22.7 Å². The number of nitrogens with one attached hydrogen (secondary N) is 1. The summed E-state index contributed by atoms with van der Waals surface area (Å²) in [5, 5.41) is 9.90. The van der Waals surface area contributed by atoms with Crippen molar-refractivity contribution >= 4 is 28.4 Å². The number of aryl methyl sites for hydroxylation is 1. The van der Waals surface area contributed by atoms with Gasteiger partial charge in [-0.15, -0.1) is 10.2 Å². The Morgan fingerprint density at radius 3 is 2.88 bits per heavy atom. The lowest BCUT2D eigenvalue weighted by molar-refractivity contribution is -0.114. The van der Waals surface area contributed by atoms with Crippen molar-refractivity contribution in [1.29, 1.82) is 0 Å². The van der Waals surface area contributed by atoms with Crippen molar-refractivity contribution < 1.29 is 9.21 Å². The van der Waals surface area contributed by atoms with Crippen LogP contribution in [0, 0.1) is 0 Å². The summed E-state index contributed by atoms with van der Waals surface area (Å²) in [5.74, 6) is 2.41. The molecule has 6 nitrogen and oxygen atoms in total. The predicted molar refractivity (Wildman–Crippen MR) is 97.4 cm³/mol. The van der Waals surface area contributed by atoms with Gasteiger partial charge in [0.1, 0.15) is 11.5 Å². The standard InChI is InChI=1S/C18H16N4O2S/c1-11(23)10-25-18-19-17(20-21-18)16-6-5-15(24-16)13-3-4-14-12(9-13)7-8-22(14)2/h3-9H,10H2,1-2H3,(H,19,20,21). The molecule has 0 bridgehead atoms. The predicted octanol–water partition coefficient (Wildman–Crippen LogP) is 3.90. The number of Topliss-reactive ketones (excluding diaryl/α,β-unsaturated/α-hetero) is 1. The highest BCUT2D eigenvalue weighted by Gasteiger charge is 2.12. The van der Waals surface area contributed by atoms with Crippen molar-refractivity contribution in [2.45, 2.75) is 12.1 Å². The van der Waals surface area contributed by atoms with Crippen LogP contribution in [0.15, 0.2) is 52.2 Å². The van der Waals surface area contributed by atoms with E-state index in [-0.39, 0.29) is 5.78 Å². The molecule has 4 aromatic rings. The molecule has 0 amide bonds. The van der Waals surface area contributed by atoms with Gasteiger partial charge in [-0.1, -0.05) is 11.8 Å². The van der Waals surface area contributed by atoms with E-state index >= 15 is 0 Å². The number of ketones is 1. The van der Waals surface area contributed by atoms with E-state index in [4.69, 9.17) is 4.42 Å². The van der Waals surface area contributed by atoms with E-state index in [0.29, 0.717) is 22.5 Å². The van der Waals surface area contributed by atoms with Crippen molar-refractivity contribution in [2.24, 2.45) is 7.05 Å². The highest BCUT2D eigenvalue weighted by atomic mass is 32.2. The molecule has 25 heavy (non-hydrogen) atoms. The Morgan fingerprint density at radius 1 is 1.20 bits per heavy atom. The van der Waals surface area contributed by atoms with Gasteiger partial charge >= 0.3 is 0 Å². The van der Waals surface area contributed by atoms with E-state index in [1.807, 2.05) is 31.4 Å². The average molecular weight is 352 g/mol. The summed E-state index contributed by atoms with van der Waals surface area (Å²) >= 11 is 1.33. The number of hydrogen-bond donors (Lipinski definition) is 1. The third-order valence-electron chi connectivity index (χ3n) is 3.89. The fourth-order valence-electron chi connectivity index (χ4n) is 2.65. The molecule has 7 heteroatoms. The number of furan rings is 1. The Hall–Kier alpha value is -2.80. The Labute approximate surface area is 148 Å². The van der Waals surface area contributed by atoms with E-state index in [0.717, 1.165) is 11.3 Å². The number of thioether (sulfide) groups is 1. The van der Waals surface area contributed by atoms with Gasteiger partial charge in [0.15, 0.2) is 16.7 Å². The number of benzene rings is 1. The van der Waals surface area contributed by atoms with Crippen LogP contribution in [0.25, 0.3) is 33.8 Å². The summed E-state index contributed by atoms with van der Waals surface area (Å²) in [5.41, 5.74) is 2.19. The van der Waals surface area contributed by atoms with Crippen LogP contribution in [0.1, 0.15) is 6.92 Å². The van der Waals surface area contributed by atoms with Gasteiger partial charge in [-0.2, -0.15) is 0 Å². The van der Waals surface area contributed by atoms with Gasteiger partial charge in [0.2, 0.25) is 0 Å². The van der Waals surface area contributed by atoms with E-state index < -0.39 is 0 Å². The molecule has 0 atom stereocenters. The third-order valence-corrected chi connectivity index (χ3v) is 4.90. The van der Waals surface area contributed by atoms with Gasteiger partial charge in [0, 0.05) is 29.7 Å². The summed E-state index contributed by atoms with van der Waals surface area (Å²) in [7, 11) is 2.03. The van der Waals surface area contributed by atoms with Crippen molar-refractivity contribution in [2.75, 3.05) is 5.75 Å². The molecule has 4 rings (SSSR count). The molecule has 126 valence electrons. The number of carbonyl (C=O) groups excluding carboxylic acids is 1. The topological polar surface area (TPSA) is 76.7 Å². The highest BCUT2D eigenvalue weighted by Crippen LogP contribution is 2.29. The first-order chi connectivity index (χ1) is 12.1. The van der Waals surface area contributed by atoms with Gasteiger partial charge in [0.25, 0.3) is 0 Å². The Balaban J connectivity index is 1.59. The number of rotatable bonds is 5. The Morgan fingerprint density at radius 2 is 2.04 bits per heavy atom. The quantitative estimate of drug-likeness (QED) is 0.551. The molecule has 0 aliphatic heterocycles. The van der Waals surface area contributed by atoms with Crippen LogP contribution in [-0.2, 0) is 11.8 Å². The minimum atomic E-state index is 0.0968. The summed E-state index contributed by atoms with van der Waals surface area (Å²) < 4.78 is 8.02. The van der Waals surface area contributed by atoms with Gasteiger partial charge in [-0.05, 0) is 43.3 Å². The number of carbonyl (C=O) groups is 1. The Bertz CT molecular complexity index is 1060. The Kier molecular flexibility index (Phi) is 3.93. The maximum Gasteiger partial charge on any atom is 0.197 e. The molecule has 0 radical (unpaired) electrons. The fraction of sp³-hybridized carbons (Fsp3) is 0.167. The number of aromatic amines is 1. The van der Waals surface area contributed by atoms with Crippen molar-refractivity contribution in [3.63, 3.8) is 0 Å². The zero-order chi connectivity index (χ0) is 17.4. The molecule has 0 fully saturated rings. The summed E-state index contributed by atoms with van der Waals surface area (Å²) in [6.07, 6.45) is 2.04. The average Bonchev–Trinajstić information content (AvgIpc) is 3.32. The van der Waals surface area contributed by atoms with Crippen molar-refractivity contribution in [3.05, 3.63) is 42.6 Å². The monoisotopic (exact) mass is 352 g/mol. The lowest BCUT2D eigenvalue weighted by atomic mass is 10.1. The van der Waals surface area contributed by atoms with E-state index in [1.54, 1.807) is 6.92 Å². The largest absolute Gasteiger partial charge is 0.453 e. The van der Waals surface area contributed by atoms with Crippen molar-refractivity contribution in [3.8, 4) is 22.9 Å². The lowest BCUT2D eigenvalue weighted by Gasteiger charge is -2.00. The second kappa shape index (κ2) is 6.25. The molecule has 1 aromatic carbocycles. The number of fused-ring (bicyclic) bond motifs is 1. The van der Waals surface area contributed by atoms with Gasteiger partial charge in [-0.25, -0.2) is 0 Å². The summed E-state index contributed by atoms with van der Waals surface area (Å²) in [4.78, 5) is 14.1. The van der Waals surface area contributed by atoms with Crippen molar-refractivity contribution in [1.82, 2.24) is 19.7 Å². The van der Waals surface area contributed by atoms with Crippen LogP contribution in [0.2, 0.25) is 0 Å².